The number of hydrogen-bond acceptors (Lipinski definition) is 7. The van der Waals surface area contributed by atoms with E-state index in [1.54, 1.807) is 24.3 Å². The summed E-state index contributed by atoms with van der Waals surface area (Å²) in [5.41, 5.74) is 1.96. The van der Waals surface area contributed by atoms with Crippen LogP contribution in [0.15, 0.2) is 24.3 Å². The molecule has 3 amide bonds. The van der Waals surface area contributed by atoms with Gasteiger partial charge in [-0.1, -0.05) is 32.9 Å². The van der Waals surface area contributed by atoms with Gasteiger partial charge in [0.1, 0.15) is 17.1 Å². The molecule has 182 valence electrons. The number of rotatable bonds is 7. The number of thiophene rings is 1. The third kappa shape index (κ3) is 4.84. The number of carbonyl (C=O) groups is 4. The molecule has 1 aromatic carbocycles. The summed E-state index contributed by atoms with van der Waals surface area (Å²) in [6.07, 6.45) is 2.88. The Morgan fingerprint density at radius 2 is 1.89 bits per heavy atom. The molecular weight excluding hydrogens is 466 g/mol. The zero-order chi connectivity index (χ0) is 25.3. The summed E-state index contributed by atoms with van der Waals surface area (Å²) >= 11 is 1.39. The van der Waals surface area contributed by atoms with E-state index in [-0.39, 0.29) is 23.5 Å². The minimum absolute atomic E-state index is 0.0105. The molecular formula is C26H27N3O5S. The molecule has 9 heteroatoms. The van der Waals surface area contributed by atoms with E-state index in [0.717, 1.165) is 34.6 Å². The second kappa shape index (κ2) is 10.0. The number of amides is 3. The minimum atomic E-state index is -1.14. The molecule has 2 aliphatic rings. The van der Waals surface area contributed by atoms with Gasteiger partial charge in [0.15, 0.2) is 6.61 Å². The van der Waals surface area contributed by atoms with Crippen molar-refractivity contribution in [3.8, 4) is 6.07 Å². The standard InChI is InChI=1S/C26H27N3O5S/c1-14(2)10-20(29-24(31)17-6-4-5-7-18(17)25(29)32)26(33)34-13-22(30)28-23-19(12-27)16-9-8-15(3)11-21(16)35-23/h4-7,14-15,20H,8-11,13H2,1-3H3,(H,28,30). The molecule has 2 atom stereocenters. The van der Waals surface area contributed by atoms with Crippen LogP contribution in [-0.4, -0.2) is 41.2 Å². The predicted molar refractivity (Wildman–Crippen MR) is 130 cm³/mol. The topological polar surface area (TPSA) is 117 Å². The molecule has 1 aliphatic carbocycles. The lowest BCUT2D eigenvalue weighted by molar-refractivity contribution is -0.151. The quantitative estimate of drug-likeness (QED) is 0.461. The monoisotopic (exact) mass is 493 g/mol. The van der Waals surface area contributed by atoms with E-state index in [2.05, 4.69) is 18.3 Å². The first-order valence-corrected chi connectivity index (χ1v) is 12.5. The highest BCUT2D eigenvalue weighted by Crippen LogP contribution is 2.39. The van der Waals surface area contributed by atoms with Crippen molar-refractivity contribution in [2.24, 2.45) is 11.8 Å². The molecule has 0 saturated heterocycles. The fourth-order valence-electron chi connectivity index (χ4n) is 4.60. The fourth-order valence-corrected chi connectivity index (χ4v) is 5.97. The molecule has 8 nitrogen and oxygen atoms in total. The average Bonchev–Trinajstić information content (AvgIpc) is 3.29. The normalized spacial score (nSPS) is 17.6. The highest BCUT2D eigenvalue weighted by Gasteiger charge is 2.43. The SMILES string of the molecule is CC(C)CC(C(=O)OCC(=O)Nc1sc2c(c1C#N)CCC(C)C2)N1C(=O)c2ccccc2C1=O. The Morgan fingerprint density at radius 3 is 2.49 bits per heavy atom. The molecule has 0 radical (unpaired) electrons. The van der Waals surface area contributed by atoms with Gasteiger partial charge >= 0.3 is 5.97 Å². The number of imide groups is 1. The maximum atomic E-state index is 13.0. The van der Waals surface area contributed by atoms with Gasteiger partial charge in [-0.05, 0) is 55.2 Å². The third-order valence-corrected chi connectivity index (χ3v) is 7.50. The van der Waals surface area contributed by atoms with E-state index < -0.39 is 36.3 Å². The van der Waals surface area contributed by atoms with Crippen molar-refractivity contribution in [2.75, 3.05) is 11.9 Å². The van der Waals surface area contributed by atoms with Crippen LogP contribution in [0.1, 0.15) is 70.3 Å². The number of anilines is 1. The summed E-state index contributed by atoms with van der Waals surface area (Å²) in [7, 11) is 0. The Bertz CT molecular complexity index is 1210. The van der Waals surface area contributed by atoms with Crippen LogP contribution >= 0.6 is 11.3 Å². The summed E-state index contributed by atoms with van der Waals surface area (Å²) in [4.78, 5) is 53.4. The number of hydrogen-bond donors (Lipinski definition) is 1. The van der Waals surface area contributed by atoms with Gasteiger partial charge < -0.3 is 10.1 Å². The first kappa shape index (κ1) is 24.6. The first-order chi connectivity index (χ1) is 16.7. The molecule has 1 aromatic heterocycles. The zero-order valence-corrected chi connectivity index (χ0v) is 20.7. The number of carbonyl (C=O) groups excluding carboxylic acids is 4. The zero-order valence-electron chi connectivity index (χ0n) is 19.9. The number of nitriles is 1. The Labute approximate surface area is 207 Å². The maximum Gasteiger partial charge on any atom is 0.329 e. The van der Waals surface area contributed by atoms with E-state index in [1.165, 1.54) is 11.3 Å². The second-order valence-electron chi connectivity index (χ2n) is 9.49. The lowest BCUT2D eigenvalue weighted by Crippen LogP contribution is -2.46. The molecule has 0 spiro atoms. The Morgan fingerprint density at radius 1 is 1.23 bits per heavy atom. The molecule has 0 bridgehead atoms. The van der Waals surface area contributed by atoms with Crippen LogP contribution in [0.4, 0.5) is 5.00 Å². The van der Waals surface area contributed by atoms with Crippen LogP contribution in [0.25, 0.3) is 0 Å². The molecule has 35 heavy (non-hydrogen) atoms. The van der Waals surface area contributed by atoms with E-state index in [9.17, 15) is 24.4 Å². The largest absolute Gasteiger partial charge is 0.454 e. The highest BCUT2D eigenvalue weighted by molar-refractivity contribution is 7.16. The van der Waals surface area contributed by atoms with Gasteiger partial charge in [0, 0.05) is 4.88 Å². The molecule has 1 N–H and O–H groups in total. The van der Waals surface area contributed by atoms with Crippen molar-refractivity contribution < 1.29 is 23.9 Å². The fraction of sp³-hybridized carbons (Fsp3) is 0.423. The first-order valence-electron chi connectivity index (χ1n) is 11.7. The summed E-state index contributed by atoms with van der Waals surface area (Å²) in [5, 5.41) is 12.8. The van der Waals surface area contributed by atoms with Crippen molar-refractivity contribution in [3.05, 3.63) is 51.4 Å². The highest BCUT2D eigenvalue weighted by atomic mass is 32.1. The van der Waals surface area contributed by atoms with E-state index >= 15 is 0 Å². The van der Waals surface area contributed by atoms with Crippen LogP contribution in [0.3, 0.4) is 0 Å². The molecule has 0 saturated carbocycles. The number of ether oxygens (including phenoxy) is 1. The van der Waals surface area contributed by atoms with Crippen LogP contribution < -0.4 is 5.32 Å². The Hall–Kier alpha value is -3.51. The Kier molecular flexibility index (Phi) is 7.03. The second-order valence-corrected chi connectivity index (χ2v) is 10.6. The Balaban J connectivity index is 1.45. The van der Waals surface area contributed by atoms with Crippen molar-refractivity contribution in [2.45, 2.75) is 52.5 Å². The lowest BCUT2D eigenvalue weighted by Gasteiger charge is -2.25. The predicted octanol–water partition coefficient (Wildman–Crippen LogP) is 3.94. The van der Waals surface area contributed by atoms with Crippen LogP contribution in [0.2, 0.25) is 0 Å². The van der Waals surface area contributed by atoms with Gasteiger partial charge in [-0.15, -0.1) is 11.3 Å². The molecule has 0 fully saturated rings. The smallest absolute Gasteiger partial charge is 0.329 e. The van der Waals surface area contributed by atoms with E-state index in [1.807, 2.05) is 13.8 Å². The third-order valence-electron chi connectivity index (χ3n) is 6.33. The average molecular weight is 494 g/mol. The molecule has 2 heterocycles. The van der Waals surface area contributed by atoms with Crippen LogP contribution in [0.5, 0.6) is 0 Å². The molecule has 2 unspecified atom stereocenters. The van der Waals surface area contributed by atoms with Gasteiger partial charge in [0.25, 0.3) is 17.7 Å². The summed E-state index contributed by atoms with van der Waals surface area (Å²) in [5.74, 6) is -1.97. The number of nitrogens with one attached hydrogen (secondary N) is 1. The van der Waals surface area contributed by atoms with Gasteiger partial charge in [-0.25, -0.2) is 4.79 Å². The van der Waals surface area contributed by atoms with Gasteiger partial charge in [-0.2, -0.15) is 5.26 Å². The minimum Gasteiger partial charge on any atom is -0.454 e. The van der Waals surface area contributed by atoms with Crippen molar-refractivity contribution in [1.29, 1.82) is 5.26 Å². The van der Waals surface area contributed by atoms with E-state index in [4.69, 9.17) is 4.74 Å². The summed E-state index contributed by atoms with van der Waals surface area (Å²) in [6, 6.07) is 7.47. The number of fused-ring (bicyclic) bond motifs is 2. The molecule has 4 rings (SSSR count). The van der Waals surface area contributed by atoms with Gasteiger partial charge in [0.2, 0.25) is 0 Å². The van der Waals surface area contributed by atoms with Crippen molar-refractivity contribution in [3.63, 3.8) is 0 Å². The summed E-state index contributed by atoms with van der Waals surface area (Å²) < 4.78 is 5.26. The summed E-state index contributed by atoms with van der Waals surface area (Å²) in [6.45, 7) is 5.32. The maximum absolute atomic E-state index is 13.0. The van der Waals surface area contributed by atoms with Crippen LogP contribution in [-0.2, 0) is 27.2 Å². The lowest BCUT2D eigenvalue weighted by atomic mass is 9.89. The number of esters is 1. The van der Waals surface area contributed by atoms with Gasteiger partial charge in [0.05, 0.1) is 16.7 Å². The van der Waals surface area contributed by atoms with Gasteiger partial charge in [-0.3, -0.25) is 19.3 Å². The number of nitrogens with zero attached hydrogens (tertiary/aromatic N) is 2. The van der Waals surface area contributed by atoms with Crippen molar-refractivity contribution >= 4 is 40.0 Å². The molecule has 2 aromatic rings. The number of benzene rings is 1. The van der Waals surface area contributed by atoms with Crippen LogP contribution in [0, 0.1) is 23.2 Å². The molecule has 1 aliphatic heterocycles. The van der Waals surface area contributed by atoms with E-state index in [0.29, 0.717) is 16.5 Å². The van der Waals surface area contributed by atoms with Crippen molar-refractivity contribution in [1.82, 2.24) is 4.90 Å².